The van der Waals surface area contributed by atoms with Crippen LogP contribution >= 0.6 is 0 Å². The number of aliphatic carboxylic acids is 1. The topological polar surface area (TPSA) is 65.9 Å². The maximum Gasteiger partial charge on any atom is 0.309 e. The lowest BCUT2D eigenvalue weighted by Crippen LogP contribution is -2.44. The molecular formula is C30H31F4N3O3. The van der Waals surface area contributed by atoms with Crippen molar-refractivity contribution in [3.63, 3.8) is 0 Å². The molecule has 212 valence electrons. The maximum absolute atomic E-state index is 16.0. The van der Waals surface area contributed by atoms with Crippen LogP contribution in [0.1, 0.15) is 43.0 Å². The van der Waals surface area contributed by atoms with Gasteiger partial charge in [0.25, 0.3) is 0 Å². The van der Waals surface area contributed by atoms with Gasteiger partial charge in [0.2, 0.25) is 0 Å². The van der Waals surface area contributed by atoms with E-state index in [-0.39, 0.29) is 32.2 Å². The minimum absolute atomic E-state index is 0.00634. The largest absolute Gasteiger partial charge is 0.497 e. The number of methoxy groups -OCH3 is 1. The number of anilines is 1. The van der Waals surface area contributed by atoms with Crippen LogP contribution in [-0.2, 0) is 4.79 Å². The Kier molecular flexibility index (Phi) is 8.84. The number of carboxylic acid groups (broad SMARTS) is 1. The first-order chi connectivity index (χ1) is 19.0. The molecule has 1 atom stereocenters. The number of fused-ring (bicyclic) bond motifs is 1. The minimum Gasteiger partial charge on any atom is -0.497 e. The van der Waals surface area contributed by atoms with E-state index in [2.05, 4.69) is 16.8 Å². The summed E-state index contributed by atoms with van der Waals surface area (Å²) in [7, 11) is 5.13. The molecule has 6 nitrogen and oxygen atoms in total. The number of benzene rings is 2. The predicted octanol–water partition coefficient (Wildman–Crippen LogP) is 5.74. The first-order valence-corrected chi connectivity index (χ1v) is 12.9. The molecule has 1 fully saturated rings. The number of hydrogen-bond acceptors (Lipinski definition) is 5. The van der Waals surface area contributed by atoms with E-state index >= 15 is 4.39 Å². The first-order valence-electron chi connectivity index (χ1n) is 12.9. The summed E-state index contributed by atoms with van der Waals surface area (Å²) in [6.45, 7) is 0.921. The van der Waals surface area contributed by atoms with E-state index in [1.54, 1.807) is 43.4 Å². The van der Waals surface area contributed by atoms with Crippen LogP contribution in [0.2, 0.25) is 0 Å². The summed E-state index contributed by atoms with van der Waals surface area (Å²) < 4.78 is 62.1. The zero-order valence-electron chi connectivity index (χ0n) is 22.6. The van der Waals surface area contributed by atoms with E-state index in [1.165, 1.54) is 7.11 Å². The zero-order chi connectivity index (χ0) is 29.0. The third kappa shape index (κ3) is 6.15. The van der Waals surface area contributed by atoms with Gasteiger partial charge in [0.1, 0.15) is 29.4 Å². The van der Waals surface area contributed by atoms with Crippen molar-refractivity contribution in [3.05, 3.63) is 65.1 Å². The second kappa shape index (κ2) is 12.1. The Morgan fingerprint density at radius 2 is 1.85 bits per heavy atom. The van der Waals surface area contributed by atoms with Crippen LogP contribution in [0.4, 0.5) is 23.2 Å². The molecule has 3 aromatic rings. The minimum atomic E-state index is -1.43. The Labute approximate surface area is 230 Å². The fourth-order valence-corrected chi connectivity index (χ4v) is 5.15. The average molecular weight is 558 g/mol. The number of nitrogens with zero attached hydrogens (tertiary/aromatic N) is 3. The maximum atomic E-state index is 16.0. The summed E-state index contributed by atoms with van der Waals surface area (Å²) in [6, 6.07) is 6.40. The smallest absolute Gasteiger partial charge is 0.309 e. The number of halogens is 4. The lowest BCUT2D eigenvalue weighted by Gasteiger charge is -2.38. The molecule has 1 saturated heterocycles. The van der Waals surface area contributed by atoms with Gasteiger partial charge in [-0.05, 0) is 43.9 Å². The van der Waals surface area contributed by atoms with Crippen molar-refractivity contribution in [2.45, 2.75) is 31.9 Å². The van der Waals surface area contributed by atoms with Gasteiger partial charge in [-0.2, -0.15) is 0 Å². The van der Waals surface area contributed by atoms with Gasteiger partial charge < -0.3 is 14.7 Å². The van der Waals surface area contributed by atoms with Crippen molar-refractivity contribution in [2.75, 3.05) is 45.7 Å². The third-order valence-corrected chi connectivity index (χ3v) is 7.56. The molecule has 1 aliphatic heterocycles. The summed E-state index contributed by atoms with van der Waals surface area (Å²) in [4.78, 5) is 20.5. The molecular weight excluding hydrogens is 526 g/mol. The zero-order valence-corrected chi connectivity index (χ0v) is 22.6. The molecule has 0 bridgehead atoms. The number of carboxylic acids is 1. The van der Waals surface area contributed by atoms with Gasteiger partial charge in [0.15, 0.2) is 0 Å². The molecule has 0 amide bonds. The van der Waals surface area contributed by atoms with Gasteiger partial charge in [0.05, 0.1) is 42.0 Å². The predicted molar refractivity (Wildman–Crippen MR) is 145 cm³/mol. The number of aromatic nitrogens is 1. The Morgan fingerprint density at radius 3 is 2.45 bits per heavy atom. The van der Waals surface area contributed by atoms with Crippen molar-refractivity contribution in [1.29, 1.82) is 0 Å². The van der Waals surface area contributed by atoms with E-state index in [9.17, 15) is 23.1 Å². The van der Waals surface area contributed by atoms with Crippen LogP contribution in [0.3, 0.4) is 0 Å². The molecule has 1 aromatic heterocycles. The highest BCUT2D eigenvalue weighted by Gasteiger charge is 2.41. The monoisotopic (exact) mass is 557 g/mol. The fraction of sp³-hybridized carbons (Fsp3) is 0.400. The number of rotatable bonds is 8. The Morgan fingerprint density at radius 1 is 1.18 bits per heavy atom. The second-order valence-corrected chi connectivity index (χ2v) is 10.2. The summed E-state index contributed by atoms with van der Waals surface area (Å²) >= 11 is 0. The van der Waals surface area contributed by atoms with Crippen molar-refractivity contribution in [3.8, 4) is 17.6 Å². The molecule has 4 rings (SSSR count). The van der Waals surface area contributed by atoms with Gasteiger partial charge >= 0.3 is 5.97 Å². The number of likely N-dealkylation sites (tertiary alicyclic amines) is 1. The lowest BCUT2D eigenvalue weighted by atomic mass is 9.74. The molecule has 0 radical (unpaired) electrons. The van der Waals surface area contributed by atoms with Crippen LogP contribution in [-0.4, -0.2) is 61.8 Å². The molecule has 10 heteroatoms. The summed E-state index contributed by atoms with van der Waals surface area (Å²) in [5, 5.41) is 10.7. The SMILES string of the molecule is COc1ccc2ncc(N(C)C)c([C@H](F)CCC3(C(=O)O)CCN(CC#Cc4c(F)cc(F)cc4F)CC3)c2c1. The number of carbonyl (C=O) groups is 1. The van der Waals surface area contributed by atoms with Crippen molar-refractivity contribution < 1.29 is 32.2 Å². The van der Waals surface area contributed by atoms with Crippen LogP contribution in [0, 0.1) is 34.7 Å². The van der Waals surface area contributed by atoms with Gasteiger partial charge in [-0.15, -0.1) is 0 Å². The Balaban J connectivity index is 1.46. The van der Waals surface area contributed by atoms with Gasteiger partial charge in [-0.25, -0.2) is 17.6 Å². The molecule has 0 saturated carbocycles. The number of hydrogen-bond donors (Lipinski definition) is 1. The summed E-state index contributed by atoms with van der Waals surface area (Å²) in [5.74, 6) is 1.51. The second-order valence-electron chi connectivity index (χ2n) is 10.2. The quantitative estimate of drug-likeness (QED) is 0.282. The van der Waals surface area contributed by atoms with E-state index in [4.69, 9.17) is 4.74 Å². The molecule has 2 heterocycles. The number of alkyl halides is 1. The Bertz CT molecular complexity index is 1440. The van der Waals surface area contributed by atoms with E-state index in [0.717, 1.165) is 0 Å². The van der Waals surface area contributed by atoms with Crippen molar-refractivity contribution >= 4 is 22.6 Å². The van der Waals surface area contributed by atoms with E-state index in [0.29, 0.717) is 53.1 Å². The molecule has 0 spiro atoms. The average Bonchev–Trinajstić information content (AvgIpc) is 2.92. The molecule has 0 aliphatic carbocycles. The standard InChI is InChI=1S/C30H31F4N3O3/c1-36(2)27-18-35-26-7-6-20(40-3)17-22(26)28(27)23(32)8-9-30(29(38)39)10-13-37(14-11-30)12-4-5-21-24(33)15-19(31)16-25(21)34/h6-7,15-18,23H,8-14H2,1-3H3,(H,38,39)/t23-/m1/s1. The fourth-order valence-electron chi connectivity index (χ4n) is 5.15. The summed E-state index contributed by atoms with van der Waals surface area (Å²) in [6.07, 6.45) is 0.883. The molecule has 1 aliphatic rings. The van der Waals surface area contributed by atoms with Crippen LogP contribution in [0.15, 0.2) is 36.5 Å². The van der Waals surface area contributed by atoms with Gasteiger partial charge in [-0.1, -0.05) is 11.8 Å². The molecule has 0 unspecified atom stereocenters. The third-order valence-electron chi connectivity index (χ3n) is 7.56. The van der Waals surface area contributed by atoms with Crippen LogP contribution in [0.5, 0.6) is 5.75 Å². The lowest BCUT2D eigenvalue weighted by molar-refractivity contribution is -0.152. The number of ether oxygens (including phenoxy) is 1. The number of piperidine rings is 1. The highest BCUT2D eigenvalue weighted by molar-refractivity contribution is 5.88. The normalized spacial score (nSPS) is 15.8. The van der Waals surface area contributed by atoms with Crippen LogP contribution in [0.25, 0.3) is 10.9 Å². The van der Waals surface area contributed by atoms with Gasteiger partial charge in [-0.3, -0.25) is 14.7 Å². The van der Waals surface area contributed by atoms with E-state index < -0.39 is 40.6 Å². The highest BCUT2D eigenvalue weighted by atomic mass is 19.1. The first kappa shape index (κ1) is 29.2. The highest BCUT2D eigenvalue weighted by Crippen LogP contribution is 2.43. The van der Waals surface area contributed by atoms with Gasteiger partial charge in [0, 0.05) is 50.3 Å². The molecule has 1 N–H and O–H groups in total. The van der Waals surface area contributed by atoms with Crippen molar-refractivity contribution in [1.82, 2.24) is 9.88 Å². The Hall–Kier alpha value is -3.84. The van der Waals surface area contributed by atoms with Crippen LogP contribution < -0.4 is 9.64 Å². The van der Waals surface area contributed by atoms with E-state index in [1.807, 2.05) is 4.90 Å². The van der Waals surface area contributed by atoms with Crippen molar-refractivity contribution in [2.24, 2.45) is 5.41 Å². The summed E-state index contributed by atoms with van der Waals surface area (Å²) in [5.41, 5.74) is 0.0577. The number of pyridine rings is 1. The molecule has 2 aromatic carbocycles. The molecule has 40 heavy (non-hydrogen) atoms.